The van der Waals surface area contributed by atoms with Gasteiger partial charge in [-0.3, -0.25) is 4.99 Å². The van der Waals surface area contributed by atoms with Crippen molar-refractivity contribution < 1.29 is 0 Å². The molecule has 4 nitrogen and oxygen atoms in total. The minimum absolute atomic E-state index is 0.456. The zero-order valence-corrected chi connectivity index (χ0v) is 8.45. The summed E-state index contributed by atoms with van der Waals surface area (Å²) in [4.78, 5) is 8.44. The van der Waals surface area contributed by atoms with Gasteiger partial charge in [0.25, 0.3) is 0 Å². The van der Waals surface area contributed by atoms with Gasteiger partial charge in [-0.15, -0.1) is 22.9 Å². The van der Waals surface area contributed by atoms with E-state index in [4.69, 9.17) is 11.6 Å². The van der Waals surface area contributed by atoms with Crippen molar-refractivity contribution in [3.8, 4) is 0 Å². The molecule has 0 spiro atoms. The van der Waals surface area contributed by atoms with Gasteiger partial charge in [0.05, 0.1) is 18.1 Å². The van der Waals surface area contributed by atoms with Crippen LogP contribution in [0.5, 0.6) is 0 Å². The second-order valence-corrected chi connectivity index (χ2v) is 3.69. The molecule has 0 aliphatic carbocycles. The van der Waals surface area contributed by atoms with Crippen molar-refractivity contribution in [2.24, 2.45) is 4.99 Å². The number of aliphatic imine (C=N–C) groups is 1. The number of aromatic nitrogens is 1. The first kappa shape index (κ1) is 8.77. The third-order valence-electron chi connectivity index (χ3n) is 1.59. The van der Waals surface area contributed by atoms with Crippen LogP contribution < -0.4 is 10.6 Å². The maximum atomic E-state index is 5.63. The van der Waals surface area contributed by atoms with Crippen LogP contribution in [-0.2, 0) is 5.88 Å². The van der Waals surface area contributed by atoms with Crippen LogP contribution in [0.3, 0.4) is 0 Å². The first-order chi connectivity index (χ1) is 6.38. The molecule has 0 radical (unpaired) electrons. The largest absolute Gasteiger partial charge is 0.354 e. The molecule has 70 valence electrons. The number of anilines is 1. The maximum Gasteiger partial charge on any atom is 0.197 e. The van der Waals surface area contributed by atoms with Crippen LogP contribution in [0.4, 0.5) is 5.13 Å². The molecule has 0 atom stereocenters. The van der Waals surface area contributed by atoms with Crippen molar-refractivity contribution in [3.63, 3.8) is 0 Å². The van der Waals surface area contributed by atoms with E-state index in [0.717, 1.165) is 29.9 Å². The first-order valence-corrected chi connectivity index (χ1v) is 5.35. The zero-order valence-electron chi connectivity index (χ0n) is 6.88. The molecule has 0 fully saturated rings. The van der Waals surface area contributed by atoms with Gasteiger partial charge in [0.15, 0.2) is 11.1 Å². The van der Waals surface area contributed by atoms with Crippen molar-refractivity contribution >= 4 is 34.0 Å². The van der Waals surface area contributed by atoms with Crippen LogP contribution in [0, 0.1) is 0 Å². The van der Waals surface area contributed by atoms with Crippen LogP contribution in [-0.4, -0.2) is 24.0 Å². The molecule has 1 aliphatic heterocycles. The van der Waals surface area contributed by atoms with E-state index in [9.17, 15) is 0 Å². The Labute approximate surface area is 85.0 Å². The normalized spacial score (nSPS) is 15.3. The number of nitrogens with zero attached hydrogens (tertiary/aromatic N) is 2. The number of alkyl halides is 1. The van der Waals surface area contributed by atoms with Crippen LogP contribution in [0.15, 0.2) is 10.4 Å². The molecule has 0 aromatic carbocycles. The van der Waals surface area contributed by atoms with Gasteiger partial charge < -0.3 is 10.6 Å². The predicted molar refractivity (Wildman–Crippen MR) is 55.6 cm³/mol. The highest BCUT2D eigenvalue weighted by Crippen LogP contribution is 2.16. The smallest absolute Gasteiger partial charge is 0.197 e. The topological polar surface area (TPSA) is 49.3 Å². The van der Waals surface area contributed by atoms with E-state index in [2.05, 4.69) is 20.6 Å². The number of halogens is 1. The zero-order chi connectivity index (χ0) is 9.10. The summed E-state index contributed by atoms with van der Waals surface area (Å²) < 4.78 is 0. The minimum Gasteiger partial charge on any atom is -0.354 e. The van der Waals surface area contributed by atoms with E-state index in [1.54, 1.807) is 0 Å². The predicted octanol–water partition coefficient (Wildman–Crippen LogP) is 1.25. The summed E-state index contributed by atoms with van der Waals surface area (Å²) in [5, 5.41) is 8.96. The Morgan fingerprint density at radius 3 is 3.23 bits per heavy atom. The number of hydrogen-bond acceptors (Lipinski definition) is 5. The lowest BCUT2D eigenvalue weighted by Crippen LogP contribution is -2.26. The lowest BCUT2D eigenvalue weighted by Gasteiger charge is -2.00. The molecule has 0 amide bonds. The Balaban J connectivity index is 2.00. The van der Waals surface area contributed by atoms with E-state index in [0.29, 0.717) is 5.88 Å². The van der Waals surface area contributed by atoms with Crippen molar-refractivity contribution in [3.05, 3.63) is 11.1 Å². The number of hydrogen-bond donors (Lipinski definition) is 2. The van der Waals surface area contributed by atoms with E-state index < -0.39 is 0 Å². The van der Waals surface area contributed by atoms with Gasteiger partial charge >= 0.3 is 0 Å². The van der Waals surface area contributed by atoms with Crippen molar-refractivity contribution in [2.45, 2.75) is 5.88 Å². The van der Waals surface area contributed by atoms with E-state index in [1.165, 1.54) is 11.3 Å². The third-order valence-corrected chi connectivity index (χ3v) is 2.67. The minimum atomic E-state index is 0.456. The summed E-state index contributed by atoms with van der Waals surface area (Å²) in [5.41, 5.74) is 0.896. The molecule has 1 aromatic rings. The highest BCUT2D eigenvalue weighted by Gasteiger charge is 2.07. The fraction of sp³-hybridized carbons (Fsp3) is 0.429. The molecule has 0 bridgehead atoms. The second kappa shape index (κ2) is 3.93. The van der Waals surface area contributed by atoms with Crippen molar-refractivity contribution in [1.29, 1.82) is 0 Å². The molecular formula is C7H9ClN4S. The third kappa shape index (κ3) is 2.10. The Hall–Kier alpha value is -0.810. The maximum absolute atomic E-state index is 5.63. The standard InChI is InChI=1S/C7H9ClN4S/c8-3-5-4-13-7(11-5)12-6-9-1-2-10-6/h4H,1-3H2,(H2,9,10,11,12). The van der Waals surface area contributed by atoms with Crippen LogP contribution >= 0.6 is 22.9 Å². The monoisotopic (exact) mass is 216 g/mol. The van der Waals surface area contributed by atoms with Gasteiger partial charge in [0.2, 0.25) is 0 Å². The molecule has 2 N–H and O–H groups in total. The average Bonchev–Trinajstić information content (AvgIpc) is 2.76. The van der Waals surface area contributed by atoms with Crippen molar-refractivity contribution in [1.82, 2.24) is 10.3 Å². The summed E-state index contributed by atoms with van der Waals surface area (Å²) in [6.07, 6.45) is 0. The van der Waals surface area contributed by atoms with Crippen molar-refractivity contribution in [2.75, 3.05) is 18.4 Å². The van der Waals surface area contributed by atoms with E-state index in [1.807, 2.05) is 5.38 Å². The Morgan fingerprint density at radius 2 is 2.62 bits per heavy atom. The van der Waals surface area contributed by atoms with Crippen LogP contribution in [0.1, 0.15) is 5.69 Å². The molecule has 2 heterocycles. The van der Waals surface area contributed by atoms with E-state index in [-0.39, 0.29) is 0 Å². The lowest BCUT2D eigenvalue weighted by molar-refractivity contribution is 0.959. The quantitative estimate of drug-likeness (QED) is 0.732. The van der Waals surface area contributed by atoms with Gasteiger partial charge in [-0.2, -0.15) is 0 Å². The van der Waals surface area contributed by atoms with Gasteiger partial charge in [0.1, 0.15) is 0 Å². The number of nitrogens with one attached hydrogen (secondary N) is 2. The highest BCUT2D eigenvalue weighted by molar-refractivity contribution is 7.14. The summed E-state index contributed by atoms with van der Waals surface area (Å²) >= 11 is 7.16. The Kier molecular flexibility index (Phi) is 2.65. The van der Waals surface area contributed by atoms with Gasteiger partial charge in [-0.25, -0.2) is 4.98 Å². The molecule has 1 aromatic heterocycles. The SMILES string of the molecule is ClCc1csc(NC2=NCCN2)n1. The summed E-state index contributed by atoms with van der Waals surface area (Å²) in [7, 11) is 0. The molecule has 6 heteroatoms. The molecule has 0 saturated carbocycles. The van der Waals surface area contributed by atoms with Crippen LogP contribution in [0.25, 0.3) is 0 Å². The molecule has 13 heavy (non-hydrogen) atoms. The summed E-state index contributed by atoms with van der Waals surface area (Å²) in [5.74, 6) is 1.26. The number of thiazole rings is 1. The lowest BCUT2D eigenvalue weighted by atomic mass is 10.6. The summed E-state index contributed by atoms with van der Waals surface area (Å²) in [6, 6.07) is 0. The molecular weight excluding hydrogens is 208 g/mol. The number of guanidine groups is 1. The fourth-order valence-corrected chi connectivity index (χ4v) is 1.95. The van der Waals surface area contributed by atoms with Gasteiger partial charge in [-0.1, -0.05) is 0 Å². The second-order valence-electron chi connectivity index (χ2n) is 2.56. The molecule has 1 aliphatic rings. The fourth-order valence-electron chi connectivity index (χ4n) is 1.01. The molecule has 2 rings (SSSR count). The molecule has 0 unspecified atom stereocenters. The Morgan fingerprint density at radius 1 is 1.69 bits per heavy atom. The van der Waals surface area contributed by atoms with Crippen LogP contribution in [0.2, 0.25) is 0 Å². The summed E-state index contributed by atoms with van der Waals surface area (Å²) in [6.45, 7) is 1.73. The average molecular weight is 217 g/mol. The van der Waals surface area contributed by atoms with Gasteiger partial charge in [-0.05, 0) is 0 Å². The number of rotatable bonds is 2. The Bertz CT molecular complexity index is 322. The first-order valence-electron chi connectivity index (χ1n) is 3.94. The van der Waals surface area contributed by atoms with Gasteiger partial charge in [0, 0.05) is 11.9 Å². The van der Waals surface area contributed by atoms with E-state index >= 15 is 0 Å². The molecule has 0 saturated heterocycles. The highest BCUT2D eigenvalue weighted by atomic mass is 35.5.